The van der Waals surface area contributed by atoms with Crippen molar-refractivity contribution < 1.29 is 28.6 Å². The molecule has 1 N–H and O–H groups in total. The summed E-state index contributed by atoms with van der Waals surface area (Å²) in [5.74, 6) is 0.795. The van der Waals surface area contributed by atoms with Gasteiger partial charge in [0, 0.05) is 23.3 Å². The van der Waals surface area contributed by atoms with Crippen molar-refractivity contribution in [3.63, 3.8) is 0 Å². The number of hydrogen-bond acceptors (Lipinski definition) is 8. The molecule has 244 valence electrons. The molecule has 1 spiro atoms. The third-order valence-corrected chi connectivity index (χ3v) is 10.7. The third kappa shape index (κ3) is 5.97. The predicted molar refractivity (Wildman–Crippen MR) is 169 cm³/mol. The van der Waals surface area contributed by atoms with E-state index in [2.05, 4.69) is 5.32 Å². The van der Waals surface area contributed by atoms with Crippen molar-refractivity contribution in [1.29, 1.82) is 0 Å². The third-order valence-electron chi connectivity index (χ3n) is 10.7. The highest BCUT2D eigenvalue weighted by Crippen LogP contribution is 2.55. The van der Waals surface area contributed by atoms with Gasteiger partial charge in [0.05, 0.1) is 30.7 Å². The molecule has 10 nitrogen and oxygen atoms in total. The van der Waals surface area contributed by atoms with Gasteiger partial charge < -0.3 is 24.4 Å². The predicted octanol–water partition coefficient (Wildman–Crippen LogP) is 5.74. The molecule has 45 heavy (non-hydrogen) atoms. The first kappa shape index (κ1) is 31.5. The number of rotatable bonds is 3. The lowest BCUT2D eigenvalue weighted by Gasteiger charge is -2.35. The van der Waals surface area contributed by atoms with Gasteiger partial charge in [0.25, 0.3) is 0 Å². The molecule has 10 heteroatoms. The second-order valence-electron chi connectivity index (χ2n) is 15.1. The van der Waals surface area contributed by atoms with Crippen molar-refractivity contribution in [2.24, 2.45) is 17.3 Å². The monoisotopic (exact) mass is 620 g/mol. The minimum atomic E-state index is -0.888. The molecular weight excluding hydrogens is 572 g/mol. The number of methoxy groups -OCH3 is 1. The van der Waals surface area contributed by atoms with Crippen molar-refractivity contribution in [2.45, 2.75) is 122 Å². The summed E-state index contributed by atoms with van der Waals surface area (Å²) >= 11 is 0. The molecule has 2 aliphatic carbocycles. The standard InChI is InChI=1S/C35H48N4O6/c1-8-23-26-19-39(27(23)20(2)40)31(41)29(33(3,4)5)38-32(42)45-34(6)18-21(34)11-9-10-14-35(15-16-35)28-30(44-26)37-25-17-22(43-7)12-13-24(25)36-28/h12-13,17,21,23,26-27,29H,8-11,14-16,18-19H2,1-7H3,(H,38,42)/t21-,23-,26+,27-,29-,34-/m1/s1. The summed E-state index contributed by atoms with van der Waals surface area (Å²) < 4.78 is 18.2. The van der Waals surface area contributed by atoms with E-state index >= 15 is 0 Å². The van der Waals surface area contributed by atoms with E-state index in [4.69, 9.17) is 24.2 Å². The molecule has 2 amide bonds. The average molecular weight is 621 g/mol. The van der Waals surface area contributed by atoms with Gasteiger partial charge >= 0.3 is 6.09 Å². The fraction of sp³-hybridized carbons (Fsp3) is 0.686. The molecule has 0 unspecified atom stereocenters. The van der Waals surface area contributed by atoms with Gasteiger partial charge in [-0.1, -0.05) is 40.5 Å². The van der Waals surface area contributed by atoms with E-state index in [0.29, 0.717) is 29.5 Å². The van der Waals surface area contributed by atoms with E-state index < -0.39 is 35.3 Å². The smallest absolute Gasteiger partial charge is 0.408 e. The number of hydrogen-bond donors (Lipinski definition) is 1. The van der Waals surface area contributed by atoms with Crippen LogP contribution < -0.4 is 14.8 Å². The van der Waals surface area contributed by atoms with Gasteiger partial charge in [-0.15, -0.1) is 0 Å². The van der Waals surface area contributed by atoms with Crippen molar-refractivity contribution in [1.82, 2.24) is 20.2 Å². The van der Waals surface area contributed by atoms with Gasteiger partial charge in [0.15, 0.2) is 5.78 Å². The van der Waals surface area contributed by atoms with Crippen LogP contribution in [-0.4, -0.2) is 70.1 Å². The van der Waals surface area contributed by atoms with E-state index in [1.165, 1.54) is 6.92 Å². The van der Waals surface area contributed by atoms with E-state index in [-0.39, 0.29) is 29.6 Å². The number of carbonyl (C=O) groups excluding carboxylic acids is 3. The second kappa shape index (κ2) is 11.4. The summed E-state index contributed by atoms with van der Waals surface area (Å²) in [6.07, 6.45) is 6.41. The Morgan fingerprint density at radius 1 is 1.13 bits per heavy atom. The molecule has 6 rings (SSSR count). The van der Waals surface area contributed by atoms with Gasteiger partial charge in [0.1, 0.15) is 29.2 Å². The van der Waals surface area contributed by atoms with Crippen molar-refractivity contribution in [2.75, 3.05) is 13.7 Å². The molecule has 1 aromatic carbocycles. The Labute approximate surface area is 266 Å². The quantitative estimate of drug-likeness (QED) is 0.462. The van der Waals surface area contributed by atoms with Gasteiger partial charge in [-0.25, -0.2) is 14.8 Å². The molecule has 1 saturated heterocycles. The molecule has 2 bridgehead atoms. The van der Waals surface area contributed by atoms with Crippen LogP contribution in [0, 0.1) is 17.3 Å². The van der Waals surface area contributed by atoms with Crippen LogP contribution in [0.5, 0.6) is 11.6 Å². The van der Waals surface area contributed by atoms with Crippen LogP contribution in [0.3, 0.4) is 0 Å². The number of alkyl carbamates (subject to hydrolysis) is 1. The molecule has 1 aromatic heterocycles. The number of benzene rings is 1. The lowest BCUT2D eigenvalue weighted by molar-refractivity contribution is -0.141. The minimum absolute atomic E-state index is 0.107. The van der Waals surface area contributed by atoms with E-state index in [1.807, 2.05) is 52.8 Å². The minimum Gasteiger partial charge on any atom is -0.497 e. The number of aromatic nitrogens is 2. The summed E-state index contributed by atoms with van der Waals surface area (Å²) in [5.41, 5.74) is 1.07. The van der Waals surface area contributed by atoms with Crippen molar-refractivity contribution in [3.05, 3.63) is 23.9 Å². The summed E-state index contributed by atoms with van der Waals surface area (Å²) in [6.45, 7) is 11.5. The number of ether oxygens (including phenoxy) is 3. The maximum Gasteiger partial charge on any atom is 0.408 e. The Morgan fingerprint density at radius 2 is 1.89 bits per heavy atom. The highest BCUT2D eigenvalue weighted by atomic mass is 16.6. The summed E-state index contributed by atoms with van der Waals surface area (Å²) in [5, 5.41) is 2.90. The molecule has 3 fully saturated rings. The molecule has 2 saturated carbocycles. The SMILES string of the molecule is CC[C@@H]1[C@@H]2CN(C(=O)[C@H](C(C)(C)C)NC(=O)O[C@]3(C)C[C@H]3CCCCC3(CC3)c3nc4ccc(OC)cc4nc3O2)[C@@H]1C(C)=O. The van der Waals surface area contributed by atoms with Gasteiger partial charge in [-0.3, -0.25) is 9.59 Å². The molecule has 0 radical (unpaired) electrons. The maximum atomic E-state index is 14.3. The zero-order chi connectivity index (χ0) is 32.3. The van der Waals surface area contributed by atoms with Crippen LogP contribution in [0.1, 0.15) is 98.6 Å². The van der Waals surface area contributed by atoms with Crippen LogP contribution in [0.4, 0.5) is 4.79 Å². The molecular formula is C35H48N4O6. The maximum absolute atomic E-state index is 14.3. The molecule has 4 aliphatic rings. The Kier molecular flexibility index (Phi) is 8.01. The number of carbonyl (C=O) groups is 3. The van der Waals surface area contributed by atoms with Crippen molar-refractivity contribution in [3.8, 4) is 11.6 Å². The molecule has 3 heterocycles. The Balaban J connectivity index is 1.43. The number of amides is 2. The number of fused-ring (bicyclic) bond motifs is 6. The molecule has 6 atom stereocenters. The Hall–Kier alpha value is -3.43. The van der Waals surface area contributed by atoms with E-state index in [9.17, 15) is 14.4 Å². The lowest BCUT2D eigenvalue weighted by atomic mass is 9.85. The summed E-state index contributed by atoms with van der Waals surface area (Å²) in [4.78, 5) is 52.6. The first-order valence-corrected chi connectivity index (χ1v) is 16.6. The Bertz CT molecular complexity index is 1500. The number of Topliss-reactive ketones (excluding diaryl/α,β-unsaturated/α-hetero) is 1. The highest BCUT2D eigenvalue weighted by molar-refractivity contribution is 5.92. The second-order valence-corrected chi connectivity index (χ2v) is 15.1. The fourth-order valence-corrected chi connectivity index (χ4v) is 7.70. The zero-order valence-electron chi connectivity index (χ0n) is 27.8. The average Bonchev–Trinajstić information content (AvgIpc) is 3.86. The number of nitrogens with zero attached hydrogens (tertiary/aromatic N) is 3. The largest absolute Gasteiger partial charge is 0.497 e. The Morgan fingerprint density at radius 3 is 2.53 bits per heavy atom. The number of nitrogens with one attached hydrogen (secondary N) is 1. The summed E-state index contributed by atoms with van der Waals surface area (Å²) in [6, 6.07) is 4.13. The number of ketones is 1. The van der Waals surface area contributed by atoms with Crippen molar-refractivity contribution >= 4 is 28.8 Å². The lowest BCUT2D eigenvalue weighted by Crippen LogP contribution is -2.57. The van der Waals surface area contributed by atoms with Gasteiger partial charge in [-0.2, -0.15) is 0 Å². The normalized spacial score (nSPS) is 31.5. The molecule has 2 aliphatic heterocycles. The van der Waals surface area contributed by atoms with E-state index in [0.717, 1.165) is 56.2 Å². The first-order valence-electron chi connectivity index (χ1n) is 16.6. The van der Waals surface area contributed by atoms with E-state index in [1.54, 1.807) is 12.0 Å². The highest BCUT2D eigenvalue weighted by Gasteiger charge is 2.55. The van der Waals surface area contributed by atoms with Crippen LogP contribution in [0.2, 0.25) is 0 Å². The topological polar surface area (TPSA) is 120 Å². The van der Waals surface area contributed by atoms with Gasteiger partial charge in [-0.05, 0) is 69.9 Å². The zero-order valence-corrected chi connectivity index (χ0v) is 27.8. The van der Waals surface area contributed by atoms with Crippen LogP contribution in [0.15, 0.2) is 18.2 Å². The van der Waals surface area contributed by atoms with Gasteiger partial charge in [0.2, 0.25) is 11.8 Å². The summed E-state index contributed by atoms with van der Waals surface area (Å²) in [7, 11) is 1.63. The van der Waals surface area contributed by atoms with Crippen LogP contribution in [0.25, 0.3) is 11.0 Å². The van der Waals surface area contributed by atoms with Crippen LogP contribution >= 0.6 is 0 Å². The fourth-order valence-electron chi connectivity index (χ4n) is 7.70. The molecule has 2 aromatic rings. The first-order chi connectivity index (χ1) is 21.3. The van der Waals surface area contributed by atoms with Crippen LogP contribution in [-0.2, 0) is 19.7 Å².